The Kier molecular flexibility index (Phi) is 7.47. The summed E-state index contributed by atoms with van der Waals surface area (Å²) in [5.74, 6) is 1.25. The van der Waals surface area contributed by atoms with Crippen molar-refractivity contribution in [2.45, 2.75) is 27.0 Å². The normalized spacial score (nSPS) is 14.7. The highest BCUT2D eigenvalue weighted by atomic mass is 32.2. The lowest BCUT2D eigenvalue weighted by Gasteiger charge is -2.14. The molecule has 0 unspecified atom stereocenters. The molecule has 0 bridgehead atoms. The van der Waals surface area contributed by atoms with Crippen LogP contribution in [-0.2, 0) is 17.9 Å². The summed E-state index contributed by atoms with van der Waals surface area (Å²) in [6, 6.07) is 23.8. The number of hydrogen-bond acceptors (Lipinski definition) is 5. The van der Waals surface area contributed by atoms with E-state index in [0.29, 0.717) is 40.5 Å². The van der Waals surface area contributed by atoms with Crippen LogP contribution in [0.4, 0.5) is 0 Å². The van der Waals surface area contributed by atoms with Crippen LogP contribution in [0.25, 0.3) is 6.08 Å². The minimum atomic E-state index is -0.0772. The number of amides is 1. The minimum Gasteiger partial charge on any atom is -0.490 e. The molecule has 6 heteroatoms. The molecule has 0 aromatic heterocycles. The van der Waals surface area contributed by atoms with Gasteiger partial charge in [0.2, 0.25) is 0 Å². The summed E-state index contributed by atoms with van der Waals surface area (Å²) in [5.41, 5.74) is 4.20. The molecular weight excluding hydrogens is 450 g/mol. The molecule has 1 aliphatic heterocycles. The molecule has 0 spiro atoms. The third-order valence-electron chi connectivity index (χ3n) is 5.10. The second kappa shape index (κ2) is 10.7. The molecule has 33 heavy (non-hydrogen) atoms. The number of aryl methyl sites for hydroxylation is 1. The molecule has 1 aliphatic rings. The Morgan fingerprint density at radius 2 is 1.73 bits per heavy atom. The molecule has 0 aliphatic carbocycles. The Bertz CT molecular complexity index is 1190. The van der Waals surface area contributed by atoms with E-state index in [9.17, 15) is 4.79 Å². The quantitative estimate of drug-likeness (QED) is 0.279. The Labute approximate surface area is 204 Å². The smallest absolute Gasteiger partial charge is 0.266 e. The molecule has 4 nitrogen and oxygen atoms in total. The van der Waals surface area contributed by atoms with Gasteiger partial charge in [0.1, 0.15) is 10.9 Å². The summed E-state index contributed by atoms with van der Waals surface area (Å²) in [7, 11) is 0. The van der Waals surface area contributed by atoms with Gasteiger partial charge in [-0.2, -0.15) is 0 Å². The highest BCUT2D eigenvalue weighted by Gasteiger charge is 2.32. The van der Waals surface area contributed by atoms with Crippen LogP contribution in [0.2, 0.25) is 0 Å². The topological polar surface area (TPSA) is 38.8 Å². The first-order chi connectivity index (χ1) is 16.0. The molecule has 1 amide bonds. The van der Waals surface area contributed by atoms with Crippen molar-refractivity contribution in [1.29, 1.82) is 0 Å². The Balaban J connectivity index is 1.50. The molecule has 1 fully saturated rings. The van der Waals surface area contributed by atoms with E-state index in [2.05, 4.69) is 19.1 Å². The molecule has 0 radical (unpaired) electrons. The Morgan fingerprint density at radius 3 is 2.48 bits per heavy atom. The highest BCUT2D eigenvalue weighted by molar-refractivity contribution is 8.26. The van der Waals surface area contributed by atoms with Crippen LogP contribution in [0.3, 0.4) is 0 Å². The third-order valence-corrected chi connectivity index (χ3v) is 6.48. The van der Waals surface area contributed by atoms with Gasteiger partial charge in [-0.3, -0.25) is 9.69 Å². The van der Waals surface area contributed by atoms with Gasteiger partial charge in [0.15, 0.2) is 11.5 Å². The predicted molar refractivity (Wildman–Crippen MR) is 138 cm³/mol. The van der Waals surface area contributed by atoms with Gasteiger partial charge >= 0.3 is 0 Å². The maximum Gasteiger partial charge on any atom is 0.266 e. The van der Waals surface area contributed by atoms with Crippen molar-refractivity contribution in [3.8, 4) is 11.5 Å². The van der Waals surface area contributed by atoms with Crippen molar-refractivity contribution < 1.29 is 14.3 Å². The summed E-state index contributed by atoms with van der Waals surface area (Å²) < 4.78 is 12.4. The molecule has 0 atom stereocenters. The fourth-order valence-electron chi connectivity index (χ4n) is 3.52. The molecule has 0 N–H and O–H groups in total. The lowest BCUT2D eigenvalue weighted by molar-refractivity contribution is -0.122. The first kappa shape index (κ1) is 23.1. The van der Waals surface area contributed by atoms with Crippen LogP contribution >= 0.6 is 24.0 Å². The van der Waals surface area contributed by atoms with E-state index in [0.717, 1.165) is 16.7 Å². The number of thiocarbonyl (C=S) groups is 1. The van der Waals surface area contributed by atoms with Crippen LogP contribution in [0.15, 0.2) is 77.7 Å². The molecule has 3 aromatic carbocycles. The molecule has 4 rings (SSSR count). The lowest BCUT2D eigenvalue weighted by Crippen LogP contribution is -2.27. The van der Waals surface area contributed by atoms with Crippen LogP contribution in [0, 0.1) is 6.92 Å². The van der Waals surface area contributed by atoms with Gasteiger partial charge in [0.05, 0.1) is 18.1 Å². The molecule has 1 saturated heterocycles. The summed E-state index contributed by atoms with van der Waals surface area (Å²) in [5, 5.41) is 0. The fraction of sp³-hybridized carbons (Fsp3) is 0.185. The summed E-state index contributed by atoms with van der Waals surface area (Å²) in [6.07, 6.45) is 1.86. The monoisotopic (exact) mass is 475 g/mol. The lowest BCUT2D eigenvalue weighted by atomic mass is 10.1. The van der Waals surface area contributed by atoms with E-state index in [4.69, 9.17) is 21.7 Å². The van der Waals surface area contributed by atoms with Crippen LogP contribution in [0.1, 0.15) is 29.2 Å². The number of ether oxygens (including phenoxy) is 2. The van der Waals surface area contributed by atoms with Crippen molar-refractivity contribution in [2.24, 2.45) is 0 Å². The van der Waals surface area contributed by atoms with Crippen LogP contribution < -0.4 is 9.47 Å². The number of thioether (sulfide) groups is 1. The summed E-state index contributed by atoms with van der Waals surface area (Å²) in [6.45, 7) is 5.44. The summed E-state index contributed by atoms with van der Waals surface area (Å²) >= 11 is 6.80. The zero-order valence-corrected chi connectivity index (χ0v) is 20.2. The van der Waals surface area contributed by atoms with E-state index < -0.39 is 0 Å². The third kappa shape index (κ3) is 5.83. The second-order valence-corrected chi connectivity index (χ2v) is 9.35. The van der Waals surface area contributed by atoms with Crippen LogP contribution in [0.5, 0.6) is 11.5 Å². The first-order valence-electron chi connectivity index (χ1n) is 10.8. The molecular formula is C27H25NO3S2. The van der Waals surface area contributed by atoms with Gasteiger partial charge in [0, 0.05) is 0 Å². The van der Waals surface area contributed by atoms with E-state index in [1.54, 1.807) is 4.90 Å². The second-order valence-electron chi connectivity index (χ2n) is 7.67. The fourth-order valence-corrected chi connectivity index (χ4v) is 4.77. The maximum absolute atomic E-state index is 13.0. The molecule has 168 valence electrons. The van der Waals surface area contributed by atoms with Gasteiger partial charge in [0.25, 0.3) is 5.91 Å². The number of carbonyl (C=O) groups is 1. The van der Waals surface area contributed by atoms with E-state index in [-0.39, 0.29) is 5.91 Å². The zero-order valence-electron chi connectivity index (χ0n) is 18.6. The largest absolute Gasteiger partial charge is 0.490 e. The molecule has 1 heterocycles. The van der Waals surface area contributed by atoms with Crippen molar-refractivity contribution in [2.75, 3.05) is 6.61 Å². The maximum atomic E-state index is 13.0. The molecule has 3 aromatic rings. The SMILES string of the molecule is CCOc1cc(/C=C2\SC(=S)N(Cc3ccccc3)C2=O)ccc1OCc1cccc(C)c1. The van der Waals surface area contributed by atoms with E-state index in [1.165, 1.54) is 17.3 Å². The van der Waals surface area contributed by atoms with Gasteiger partial charge in [-0.25, -0.2) is 0 Å². The van der Waals surface area contributed by atoms with Crippen molar-refractivity contribution in [1.82, 2.24) is 4.90 Å². The zero-order chi connectivity index (χ0) is 23.2. The van der Waals surface area contributed by atoms with Crippen molar-refractivity contribution in [3.05, 3.63) is 100.0 Å². The van der Waals surface area contributed by atoms with Crippen LogP contribution in [-0.4, -0.2) is 21.7 Å². The number of carbonyl (C=O) groups excluding carboxylic acids is 1. The number of benzene rings is 3. The standard InChI is InChI=1S/C27H25NO3S2/c1-3-30-24-15-21(12-13-23(24)31-18-22-11-7-8-19(2)14-22)16-25-26(29)28(27(32)33-25)17-20-9-5-4-6-10-20/h4-16H,3,17-18H2,1-2H3/b25-16-. The van der Waals surface area contributed by atoms with E-state index >= 15 is 0 Å². The number of nitrogens with zero attached hydrogens (tertiary/aromatic N) is 1. The average molecular weight is 476 g/mol. The highest BCUT2D eigenvalue weighted by Crippen LogP contribution is 2.35. The molecule has 0 saturated carbocycles. The first-order valence-corrected chi connectivity index (χ1v) is 12.0. The number of hydrogen-bond donors (Lipinski definition) is 0. The van der Waals surface area contributed by atoms with Crippen molar-refractivity contribution >= 4 is 40.3 Å². The Hall–Kier alpha value is -3.09. The minimum absolute atomic E-state index is 0.0772. The van der Waals surface area contributed by atoms with Gasteiger partial charge in [-0.05, 0) is 48.7 Å². The van der Waals surface area contributed by atoms with Crippen molar-refractivity contribution in [3.63, 3.8) is 0 Å². The van der Waals surface area contributed by atoms with E-state index in [1.807, 2.05) is 73.7 Å². The average Bonchev–Trinajstić information content (AvgIpc) is 3.07. The van der Waals surface area contributed by atoms with Gasteiger partial charge in [-0.15, -0.1) is 0 Å². The predicted octanol–water partition coefficient (Wildman–Crippen LogP) is 6.37. The van der Waals surface area contributed by atoms with Gasteiger partial charge in [-0.1, -0.05) is 90.2 Å². The van der Waals surface area contributed by atoms with Gasteiger partial charge < -0.3 is 9.47 Å². The summed E-state index contributed by atoms with van der Waals surface area (Å²) in [4.78, 5) is 15.2. The Morgan fingerprint density at radius 1 is 0.939 bits per heavy atom. The number of rotatable bonds is 8.